The molecule has 1 fully saturated rings. The van der Waals surface area contributed by atoms with Crippen LogP contribution in [-0.2, 0) is 17.9 Å². The van der Waals surface area contributed by atoms with Crippen molar-refractivity contribution < 1.29 is 9.53 Å². The van der Waals surface area contributed by atoms with Gasteiger partial charge in [0.05, 0.1) is 13.3 Å². The number of thioether (sulfide) groups is 1. The van der Waals surface area contributed by atoms with Crippen LogP contribution in [0.25, 0.3) is 0 Å². The van der Waals surface area contributed by atoms with Crippen LogP contribution in [0.3, 0.4) is 0 Å². The average Bonchev–Trinajstić information content (AvgIpc) is 2.71. The second kappa shape index (κ2) is 10.7. The molecule has 0 radical (unpaired) electrons. The van der Waals surface area contributed by atoms with Crippen molar-refractivity contribution >= 4 is 17.7 Å². The van der Waals surface area contributed by atoms with Gasteiger partial charge in [0.1, 0.15) is 6.54 Å². The predicted octanol–water partition coefficient (Wildman–Crippen LogP) is 2.41. The van der Waals surface area contributed by atoms with Crippen molar-refractivity contribution in [2.75, 3.05) is 38.2 Å². The molecule has 0 spiro atoms. The summed E-state index contributed by atoms with van der Waals surface area (Å²) in [5.41, 5.74) is 2.19. The van der Waals surface area contributed by atoms with Crippen LogP contribution >= 0.6 is 11.8 Å². The Morgan fingerprint density at radius 1 is 1.29 bits per heavy atom. The van der Waals surface area contributed by atoms with Gasteiger partial charge in [-0.3, -0.25) is 14.5 Å². The zero-order valence-corrected chi connectivity index (χ0v) is 17.6. The Morgan fingerprint density at radius 3 is 2.82 bits per heavy atom. The first-order chi connectivity index (χ1) is 13.7. The molecule has 0 bridgehead atoms. The van der Waals surface area contributed by atoms with Crippen LogP contribution in [0.2, 0.25) is 0 Å². The maximum absolute atomic E-state index is 12.5. The third-order valence-corrected chi connectivity index (χ3v) is 6.30. The zero-order valence-electron chi connectivity index (χ0n) is 16.7. The molecule has 154 valence electrons. The Bertz CT molecular complexity index is 754. The number of hydrogen-bond donors (Lipinski definition) is 1. The summed E-state index contributed by atoms with van der Waals surface area (Å²) in [6.07, 6.45) is 9.77. The van der Waals surface area contributed by atoms with Crippen LogP contribution in [-0.4, -0.2) is 53.6 Å². The first-order valence-electron chi connectivity index (χ1n) is 10.2. The van der Waals surface area contributed by atoms with Gasteiger partial charge in [0.2, 0.25) is 11.3 Å². The molecule has 0 saturated carbocycles. The lowest BCUT2D eigenvalue weighted by atomic mass is 9.97. The highest BCUT2D eigenvalue weighted by atomic mass is 32.2. The second-order valence-electron chi connectivity index (χ2n) is 7.42. The van der Waals surface area contributed by atoms with Gasteiger partial charge in [-0.15, -0.1) is 0 Å². The number of amides is 1. The van der Waals surface area contributed by atoms with Crippen LogP contribution in [0.5, 0.6) is 5.75 Å². The average molecular weight is 406 g/mol. The molecule has 7 heteroatoms. The van der Waals surface area contributed by atoms with Crippen molar-refractivity contribution in [3.63, 3.8) is 0 Å². The number of ether oxygens (including phenoxy) is 1. The van der Waals surface area contributed by atoms with Gasteiger partial charge in [-0.1, -0.05) is 11.6 Å². The number of carbonyl (C=O) groups is 1. The summed E-state index contributed by atoms with van der Waals surface area (Å²) >= 11 is 1.96. The van der Waals surface area contributed by atoms with Crippen molar-refractivity contribution in [1.82, 2.24) is 14.8 Å². The molecule has 28 heavy (non-hydrogen) atoms. The van der Waals surface area contributed by atoms with E-state index in [1.807, 2.05) is 16.3 Å². The van der Waals surface area contributed by atoms with Gasteiger partial charge < -0.3 is 14.6 Å². The molecule has 1 aromatic rings. The number of nitrogens with zero attached hydrogens (tertiary/aromatic N) is 2. The molecular formula is C21H31N3O3S. The molecule has 1 saturated heterocycles. The minimum Gasteiger partial charge on any atom is -0.491 e. The molecule has 1 aliphatic carbocycles. The standard InChI is InChI=1S/C21H31N3O3S/c1-27-20-15-24(16-21(26)22-8-7-17-5-3-2-4-6-17)18(13-19(20)25)14-23-9-11-28-12-10-23/h5,13,15H,2-4,6-12,14,16H2,1H3,(H,22,26). The third kappa shape index (κ3) is 6.14. The second-order valence-corrected chi connectivity index (χ2v) is 8.65. The highest BCUT2D eigenvalue weighted by Crippen LogP contribution is 2.19. The van der Waals surface area contributed by atoms with E-state index in [1.165, 1.54) is 31.9 Å². The van der Waals surface area contributed by atoms with Crippen LogP contribution < -0.4 is 15.5 Å². The first-order valence-corrected chi connectivity index (χ1v) is 11.3. The van der Waals surface area contributed by atoms with Gasteiger partial charge in [-0.2, -0.15) is 11.8 Å². The summed E-state index contributed by atoms with van der Waals surface area (Å²) in [5.74, 6) is 2.46. The normalized spacial score (nSPS) is 17.8. The fourth-order valence-corrected chi connectivity index (χ4v) is 4.70. The molecule has 0 unspecified atom stereocenters. The van der Waals surface area contributed by atoms with Crippen LogP contribution in [0.1, 0.15) is 37.8 Å². The monoisotopic (exact) mass is 405 g/mol. The van der Waals surface area contributed by atoms with Crippen LogP contribution in [0.15, 0.2) is 28.7 Å². The van der Waals surface area contributed by atoms with Gasteiger partial charge in [0, 0.05) is 49.4 Å². The minimum absolute atomic E-state index is 0.0300. The largest absolute Gasteiger partial charge is 0.491 e. The summed E-state index contributed by atoms with van der Waals surface area (Å²) in [4.78, 5) is 27.1. The highest BCUT2D eigenvalue weighted by molar-refractivity contribution is 7.99. The molecule has 0 atom stereocenters. The van der Waals surface area contributed by atoms with Gasteiger partial charge in [0.25, 0.3) is 0 Å². The van der Waals surface area contributed by atoms with E-state index in [0.29, 0.717) is 13.1 Å². The molecule has 1 aromatic heterocycles. The SMILES string of the molecule is COc1cn(CC(=O)NCCC2=CCCCC2)c(CN2CCSCC2)cc1=O. The van der Waals surface area contributed by atoms with Crippen molar-refractivity contribution in [2.45, 2.75) is 45.2 Å². The Hall–Kier alpha value is -1.73. The fourth-order valence-electron chi connectivity index (χ4n) is 3.72. The molecule has 1 N–H and O–H groups in total. The van der Waals surface area contributed by atoms with E-state index in [-0.39, 0.29) is 23.6 Å². The summed E-state index contributed by atoms with van der Waals surface area (Å²) in [7, 11) is 1.49. The summed E-state index contributed by atoms with van der Waals surface area (Å²) in [6.45, 7) is 3.56. The lowest BCUT2D eigenvalue weighted by Gasteiger charge is -2.27. The molecule has 1 aliphatic heterocycles. The lowest BCUT2D eigenvalue weighted by molar-refractivity contribution is -0.121. The topological polar surface area (TPSA) is 63.6 Å². The summed E-state index contributed by atoms with van der Waals surface area (Å²) in [5, 5.41) is 3.02. The molecule has 3 rings (SSSR count). The van der Waals surface area contributed by atoms with E-state index in [0.717, 1.165) is 43.1 Å². The van der Waals surface area contributed by atoms with E-state index in [1.54, 1.807) is 12.3 Å². The van der Waals surface area contributed by atoms with Crippen molar-refractivity contribution in [3.05, 3.63) is 39.8 Å². The Labute approximate surface area is 171 Å². The first kappa shape index (κ1) is 21.0. The lowest BCUT2D eigenvalue weighted by Crippen LogP contribution is -2.35. The zero-order chi connectivity index (χ0) is 19.8. The van der Waals surface area contributed by atoms with E-state index < -0.39 is 0 Å². The minimum atomic E-state index is -0.134. The molecule has 2 heterocycles. The number of rotatable bonds is 8. The number of aromatic nitrogens is 1. The third-order valence-electron chi connectivity index (χ3n) is 5.36. The van der Waals surface area contributed by atoms with E-state index in [2.05, 4.69) is 16.3 Å². The van der Waals surface area contributed by atoms with Crippen molar-refractivity contribution in [1.29, 1.82) is 0 Å². The Balaban J connectivity index is 1.62. The van der Waals surface area contributed by atoms with E-state index >= 15 is 0 Å². The van der Waals surface area contributed by atoms with Crippen molar-refractivity contribution in [3.8, 4) is 5.75 Å². The molecule has 2 aliphatic rings. The molecular weight excluding hydrogens is 374 g/mol. The molecule has 1 amide bonds. The maximum atomic E-state index is 12.5. The summed E-state index contributed by atoms with van der Waals surface area (Å²) in [6, 6.07) is 1.61. The number of methoxy groups -OCH3 is 1. The van der Waals surface area contributed by atoms with Gasteiger partial charge in [-0.05, 0) is 32.1 Å². The Morgan fingerprint density at radius 2 is 2.11 bits per heavy atom. The number of hydrogen-bond acceptors (Lipinski definition) is 5. The number of carbonyl (C=O) groups excluding carboxylic acids is 1. The highest BCUT2D eigenvalue weighted by Gasteiger charge is 2.16. The van der Waals surface area contributed by atoms with E-state index in [4.69, 9.17) is 4.74 Å². The van der Waals surface area contributed by atoms with Crippen LogP contribution in [0, 0.1) is 0 Å². The van der Waals surface area contributed by atoms with Crippen molar-refractivity contribution in [2.24, 2.45) is 0 Å². The molecule has 0 aromatic carbocycles. The smallest absolute Gasteiger partial charge is 0.239 e. The Kier molecular flexibility index (Phi) is 8.03. The van der Waals surface area contributed by atoms with Crippen LogP contribution in [0.4, 0.5) is 0 Å². The van der Waals surface area contributed by atoms with Gasteiger partial charge >= 0.3 is 0 Å². The summed E-state index contributed by atoms with van der Waals surface area (Å²) < 4.78 is 7.04. The predicted molar refractivity (Wildman–Crippen MR) is 114 cm³/mol. The van der Waals surface area contributed by atoms with E-state index in [9.17, 15) is 9.59 Å². The van der Waals surface area contributed by atoms with Gasteiger partial charge in [0.15, 0.2) is 5.75 Å². The maximum Gasteiger partial charge on any atom is 0.239 e. The number of pyridine rings is 1. The van der Waals surface area contributed by atoms with Gasteiger partial charge in [-0.25, -0.2) is 0 Å². The fraction of sp³-hybridized carbons (Fsp3) is 0.619. The molecule has 6 nitrogen and oxygen atoms in total. The quantitative estimate of drug-likeness (QED) is 0.673. The number of nitrogens with one attached hydrogen (secondary N) is 1. The number of allylic oxidation sites excluding steroid dienone is 1.